The SMILES string of the molecule is CCCN(CC(=O)Nc1cc(C(C)(C)C)nn1-c1cccc(C)c1C)C(=O)c1cccc([N+](=O)[O-])c1. The Morgan fingerprint density at radius 3 is 2.44 bits per heavy atom. The van der Waals surface area contributed by atoms with Gasteiger partial charge in [0, 0.05) is 35.7 Å². The normalized spacial score (nSPS) is 11.3. The van der Waals surface area contributed by atoms with Crippen molar-refractivity contribution in [1.29, 1.82) is 0 Å². The number of amides is 2. The molecule has 36 heavy (non-hydrogen) atoms. The molecular weight excluding hydrogens is 458 g/mol. The summed E-state index contributed by atoms with van der Waals surface area (Å²) in [7, 11) is 0. The second-order valence-electron chi connectivity index (χ2n) is 9.88. The topological polar surface area (TPSA) is 110 Å². The second kappa shape index (κ2) is 10.7. The van der Waals surface area contributed by atoms with Crippen molar-refractivity contribution in [3.8, 4) is 5.69 Å². The maximum atomic E-state index is 13.1. The molecule has 0 bridgehead atoms. The first-order valence-electron chi connectivity index (χ1n) is 11.9. The van der Waals surface area contributed by atoms with Crippen molar-refractivity contribution in [2.75, 3.05) is 18.4 Å². The van der Waals surface area contributed by atoms with E-state index in [-0.39, 0.29) is 29.1 Å². The minimum absolute atomic E-state index is 0.167. The smallest absolute Gasteiger partial charge is 0.270 e. The number of hydrogen-bond acceptors (Lipinski definition) is 5. The number of carbonyl (C=O) groups is 2. The zero-order chi connectivity index (χ0) is 26.6. The number of benzene rings is 2. The molecule has 0 saturated heterocycles. The number of carbonyl (C=O) groups excluding carboxylic acids is 2. The van der Waals surface area contributed by atoms with E-state index >= 15 is 0 Å². The van der Waals surface area contributed by atoms with Crippen LogP contribution in [0.2, 0.25) is 0 Å². The maximum Gasteiger partial charge on any atom is 0.270 e. The molecule has 0 saturated carbocycles. The van der Waals surface area contributed by atoms with Crippen molar-refractivity contribution in [2.45, 2.75) is 53.4 Å². The van der Waals surface area contributed by atoms with E-state index in [4.69, 9.17) is 5.10 Å². The van der Waals surface area contributed by atoms with Gasteiger partial charge in [0.2, 0.25) is 5.91 Å². The molecule has 0 unspecified atom stereocenters. The van der Waals surface area contributed by atoms with E-state index in [9.17, 15) is 19.7 Å². The van der Waals surface area contributed by atoms with Crippen LogP contribution in [-0.2, 0) is 10.2 Å². The zero-order valence-corrected chi connectivity index (χ0v) is 21.7. The number of rotatable bonds is 8. The Morgan fingerprint density at radius 2 is 1.81 bits per heavy atom. The third-order valence-corrected chi connectivity index (χ3v) is 5.97. The Morgan fingerprint density at radius 1 is 1.11 bits per heavy atom. The Hall–Kier alpha value is -4.01. The molecule has 0 aliphatic heterocycles. The van der Waals surface area contributed by atoms with Gasteiger partial charge in [-0.25, -0.2) is 4.68 Å². The number of nitro groups is 1. The van der Waals surface area contributed by atoms with Crippen LogP contribution < -0.4 is 5.32 Å². The molecule has 3 aromatic rings. The lowest BCUT2D eigenvalue weighted by Crippen LogP contribution is -2.38. The van der Waals surface area contributed by atoms with Gasteiger partial charge in [0.05, 0.1) is 16.3 Å². The van der Waals surface area contributed by atoms with Crippen molar-refractivity contribution in [2.24, 2.45) is 0 Å². The summed E-state index contributed by atoms with van der Waals surface area (Å²) in [6.07, 6.45) is 0.628. The predicted octanol–water partition coefficient (Wildman–Crippen LogP) is 5.19. The molecular formula is C27H33N5O4. The molecule has 0 aliphatic rings. The molecule has 0 aliphatic carbocycles. The summed E-state index contributed by atoms with van der Waals surface area (Å²) in [5.74, 6) is -0.305. The lowest BCUT2D eigenvalue weighted by molar-refractivity contribution is -0.384. The van der Waals surface area contributed by atoms with E-state index in [0.29, 0.717) is 18.8 Å². The summed E-state index contributed by atoms with van der Waals surface area (Å²) in [5.41, 5.74) is 3.58. The predicted molar refractivity (Wildman–Crippen MR) is 140 cm³/mol. The molecule has 1 aromatic heterocycles. The minimum atomic E-state index is -0.547. The molecule has 9 heteroatoms. The summed E-state index contributed by atoms with van der Waals surface area (Å²) in [6.45, 7) is 12.2. The molecule has 0 atom stereocenters. The van der Waals surface area contributed by atoms with Crippen LogP contribution in [0.1, 0.15) is 61.3 Å². The van der Waals surface area contributed by atoms with Gasteiger partial charge in [0.15, 0.2) is 0 Å². The number of anilines is 1. The number of nitrogens with zero attached hydrogens (tertiary/aromatic N) is 4. The molecule has 0 spiro atoms. The standard InChI is InChI=1S/C27H33N5O4/c1-7-14-30(26(34)20-11-9-12-21(15-20)32(35)36)17-25(33)28-24-16-23(27(4,5)6)29-31(24)22-13-8-10-18(2)19(22)3/h8-13,15-16H,7,14,17H2,1-6H3,(H,28,33). The number of non-ortho nitro benzene ring substituents is 1. The first kappa shape index (κ1) is 26.6. The highest BCUT2D eigenvalue weighted by atomic mass is 16.6. The molecule has 0 radical (unpaired) electrons. The van der Waals surface area contributed by atoms with E-state index < -0.39 is 10.8 Å². The van der Waals surface area contributed by atoms with Crippen LogP contribution in [0.5, 0.6) is 0 Å². The molecule has 190 valence electrons. The average molecular weight is 492 g/mol. The number of nitrogens with one attached hydrogen (secondary N) is 1. The molecule has 9 nitrogen and oxygen atoms in total. The van der Waals surface area contributed by atoms with Gasteiger partial charge in [0.1, 0.15) is 12.4 Å². The Bertz CT molecular complexity index is 1290. The fourth-order valence-corrected chi connectivity index (χ4v) is 3.80. The van der Waals surface area contributed by atoms with Gasteiger partial charge in [-0.2, -0.15) is 5.10 Å². The third kappa shape index (κ3) is 5.97. The Balaban J connectivity index is 1.90. The summed E-state index contributed by atoms with van der Waals surface area (Å²) < 4.78 is 1.73. The van der Waals surface area contributed by atoms with Crippen LogP contribution in [0, 0.1) is 24.0 Å². The molecule has 2 aromatic carbocycles. The van der Waals surface area contributed by atoms with Gasteiger partial charge in [0.25, 0.3) is 11.6 Å². The van der Waals surface area contributed by atoms with Gasteiger partial charge >= 0.3 is 0 Å². The summed E-state index contributed by atoms with van der Waals surface area (Å²) >= 11 is 0. The van der Waals surface area contributed by atoms with Crippen LogP contribution >= 0.6 is 0 Å². The Labute approximate surface area is 211 Å². The third-order valence-electron chi connectivity index (χ3n) is 5.97. The number of hydrogen-bond donors (Lipinski definition) is 1. The highest BCUT2D eigenvalue weighted by molar-refractivity contribution is 5.99. The number of aromatic nitrogens is 2. The van der Waals surface area contributed by atoms with Crippen LogP contribution in [-0.4, -0.2) is 44.5 Å². The zero-order valence-electron chi connectivity index (χ0n) is 21.7. The lowest BCUT2D eigenvalue weighted by Gasteiger charge is -2.22. The van der Waals surface area contributed by atoms with Gasteiger partial charge in [-0.1, -0.05) is 45.9 Å². The summed E-state index contributed by atoms with van der Waals surface area (Å²) in [5, 5.41) is 18.8. The Kier molecular flexibility index (Phi) is 7.92. The van der Waals surface area contributed by atoms with Gasteiger partial charge in [-0.05, 0) is 43.5 Å². The molecule has 2 amide bonds. The molecule has 0 fully saturated rings. The van der Waals surface area contributed by atoms with Gasteiger partial charge < -0.3 is 10.2 Å². The first-order valence-corrected chi connectivity index (χ1v) is 11.9. The summed E-state index contributed by atoms with van der Waals surface area (Å²) in [4.78, 5) is 38.2. The number of nitro benzene ring substituents is 1. The van der Waals surface area contributed by atoms with Crippen LogP contribution in [0.4, 0.5) is 11.5 Å². The van der Waals surface area contributed by atoms with E-state index in [0.717, 1.165) is 22.5 Å². The second-order valence-corrected chi connectivity index (χ2v) is 9.88. The van der Waals surface area contributed by atoms with E-state index in [2.05, 4.69) is 26.1 Å². The van der Waals surface area contributed by atoms with Gasteiger partial charge in [-0.3, -0.25) is 19.7 Å². The van der Waals surface area contributed by atoms with Crippen molar-refractivity contribution in [1.82, 2.24) is 14.7 Å². The average Bonchev–Trinajstić information content (AvgIpc) is 3.24. The largest absolute Gasteiger partial charge is 0.329 e. The van der Waals surface area contributed by atoms with Crippen LogP contribution in [0.15, 0.2) is 48.5 Å². The van der Waals surface area contributed by atoms with E-state index in [1.807, 2.05) is 45.0 Å². The van der Waals surface area contributed by atoms with Crippen molar-refractivity contribution in [3.05, 3.63) is 81.0 Å². The summed E-state index contributed by atoms with van der Waals surface area (Å²) in [6, 6.07) is 13.3. The van der Waals surface area contributed by atoms with Gasteiger partial charge in [-0.15, -0.1) is 0 Å². The van der Waals surface area contributed by atoms with Crippen LogP contribution in [0.3, 0.4) is 0 Å². The lowest BCUT2D eigenvalue weighted by atomic mass is 9.92. The number of aryl methyl sites for hydroxylation is 1. The van der Waals surface area contributed by atoms with Crippen molar-refractivity contribution >= 4 is 23.3 Å². The first-order chi connectivity index (χ1) is 16.9. The van der Waals surface area contributed by atoms with Crippen molar-refractivity contribution in [3.63, 3.8) is 0 Å². The minimum Gasteiger partial charge on any atom is -0.329 e. The van der Waals surface area contributed by atoms with E-state index in [1.165, 1.54) is 29.2 Å². The van der Waals surface area contributed by atoms with Crippen LogP contribution in [0.25, 0.3) is 5.69 Å². The fraction of sp³-hybridized carbons (Fsp3) is 0.370. The van der Waals surface area contributed by atoms with E-state index in [1.54, 1.807) is 4.68 Å². The highest BCUT2D eigenvalue weighted by Gasteiger charge is 2.24. The maximum absolute atomic E-state index is 13.1. The fourth-order valence-electron chi connectivity index (χ4n) is 3.80. The monoisotopic (exact) mass is 491 g/mol. The van der Waals surface area contributed by atoms with Crippen molar-refractivity contribution < 1.29 is 14.5 Å². The highest BCUT2D eigenvalue weighted by Crippen LogP contribution is 2.28. The molecule has 1 N–H and O–H groups in total. The molecule has 3 rings (SSSR count). The molecule has 1 heterocycles. The quantitative estimate of drug-likeness (QED) is 0.345.